The molecule has 1 aliphatic rings. The van der Waals surface area contributed by atoms with Crippen molar-refractivity contribution in [2.45, 2.75) is 39.0 Å². The summed E-state index contributed by atoms with van der Waals surface area (Å²) in [5, 5.41) is 4.10. The van der Waals surface area contributed by atoms with E-state index in [2.05, 4.69) is 12.2 Å². The number of rotatable bonds is 5. The Kier molecular flexibility index (Phi) is 6.34. The number of hydrogen-bond acceptors (Lipinski definition) is 4. The number of anilines is 1. The number of carbonyl (C=O) groups is 2. The Balaban J connectivity index is 1.84. The number of carbonyl (C=O) groups excluding carboxylic acids is 2. The Morgan fingerprint density at radius 3 is 2.78 bits per heavy atom. The van der Waals surface area contributed by atoms with E-state index in [0.29, 0.717) is 28.1 Å². The van der Waals surface area contributed by atoms with Gasteiger partial charge in [0.25, 0.3) is 0 Å². The molecule has 27 heavy (non-hydrogen) atoms. The minimum Gasteiger partial charge on any atom is -0.462 e. The Hall–Kier alpha value is -2.11. The number of halogens is 1. The summed E-state index contributed by atoms with van der Waals surface area (Å²) in [6.45, 7) is 4.22. The van der Waals surface area contributed by atoms with Crippen LogP contribution in [0.5, 0.6) is 0 Å². The van der Waals surface area contributed by atoms with Crippen LogP contribution in [0.25, 0.3) is 6.08 Å². The van der Waals surface area contributed by atoms with Crippen LogP contribution in [0, 0.1) is 0 Å². The molecule has 0 saturated carbocycles. The van der Waals surface area contributed by atoms with E-state index in [1.54, 1.807) is 25.1 Å². The predicted molar refractivity (Wildman–Crippen MR) is 111 cm³/mol. The smallest absolute Gasteiger partial charge is 0.341 e. The minimum absolute atomic E-state index is 0.276. The van der Waals surface area contributed by atoms with Crippen molar-refractivity contribution in [1.82, 2.24) is 0 Å². The number of thiophene rings is 1. The second-order valence-electron chi connectivity index (χ2n) is 6.53. The molecule has 1 aliphatic carbocycles. The Labute approximate surface area is 168 Å². The van der Waals surface area contributed by atoms with Gasteiger partial charge < -0.3 is 10.1 Å². The van der Waals surface area contributed by atoms with Gasteiger partial charge in [-0.05, 0) is 61.4 Å². The van der Waals surface area contributed by atoms with Crippen molar-refractivity contribution in [2.24, 2.45) is 0 Å². The van der Waals surface area contributed by atoms with Crippen LogP contribution in [-0.2, 0) is 16.0 Å². The van der Waals surface area contributed by atoms with Crippen LogP contribution < -0.4 is 5.32 Å². The van der Waals surface area contributed by atoms with Crippen molar-refractivity contribution < 1.29 is 14.3 Å². The molecule has 1 atom stereocenters. The van der Waals surface area contributed by atoms with Gasteiger partial charge in [-0.3, -0.25) is 4.79 Å². The van der Waals surface area contributed by atoms with Crippen molar-refractivity contribution in [1.29, 1.82) is 0 Å². The summed E-state index contributed by atoms with van der Waals surface area (Å²) in [6, 6.07) is 7.21. The minimum atomic E-state index is -0.360. The molecule has 0 bridgehead atoms. The third-order valence-electron chi connectivity index (χ3n) is 4.57. The molecule has 0 radical (unpaired) electrons. The van der Waals surface area contributed by atoms with Gasteiger partial charge in [-0.25, -0.2) is 4.79 Å². The van der Waals surface area contributed by atoms with Crippen LogP contribution in [0.2, 0.25) is 5.02 Å². The van der Waals surface area contributed by atoms with Gasteiger partial charge in [0.15, 0.2) is 0 Å². The van der Waals surface area contributed by atoms with Crippen LogP contribution in [-0.4, -0.2) is 18.5 Å². The first-order valence-electron chi connectivity index (χ1n) is 9.07. The van der Waals surface area contributed by atoms with Crippen molar-refractivity contribution in [2.75, 3.05) is 11.9 Å². The van der Waals surface area contributed by atoms with Crippen molar-refractivity contribution in [3.8, 4) is 0 Å². The van der Waals surface area contributed by atoms with Gasteiger partial charge in [0.1, 0.15) is 5.00 Å². The monoisotopic (exact) mass is 403 g/mol. The standard InChI is InChI=1S/C21H22ClNO3S/c1-3-26-21(25)19-18-13(2)5-4-6-16(18)27-20(19)23-17(24)12-9-14-7-10-15(22)11-8-14/h7-13H,3-6H2,1-2H3,(H,23,24)/b12-9+. The lowest BCUT2D eigenvalue weighted by molar-refractivity contribution is -0.111. The molecule has 1 unspecified atom stereocenters. The quantitative estimate of drug-likeness (QED) is 0.516. The third-order valence-corrected chi connectivity index (χ3v) is 6.00. The number of hydrogen-bond donors (Lipinski definition) is 1. The summed E-state index contributed by atoms with van der Waals surface area (Å²) in [5.41, 5.74) is 2.44. The molecule has 0 spiro atoms. The summed E-state index contributed by atoms with van der Waals surface area (Å²) in [5.74, 6) is -0.345. The van der Waals surface area contributed by atoms with E-state index in [-0.39, 0.29) is 11.9 Å². The first-order chi connectivity index (χ1) is 13.0. The van der Waals surface area contributed by atoms with E-state index >= 15 is 0 Å². The molecular weight excluding hydrogens is 382 g/mol. The molecule has 4 nitrogen and oxygen atoms in total. The van der Waals surface area contributed by atoms with Gasteiger partial charge >= 0.3 is 5.97 Å². The molecule has 3 rings (SSSR count). The Morgan fingerprint density at radius 1 is 1.33 bits per heavy atom. The number of amides is 1. The second-order valence-corrected chi connectivity index (χ2v) is 8.07. The highest BCUT2D eigenvalue weighted by Gasteiger charge is 2.30. The van der Waals surface area contributed by atoms with Crippen LogP contribution in [0.3, 0.4) is 0 Å². The van der Waals surface area contributed by atoms with Gasteiger partial charge in [0, 0.05) is 16.0 Å². The van der Waals surface area contributed by atoms with Crippen molar-refractivity contribution in [3.05, 3.63) is 56.9 Å². The molecule has 2 aromatic rings. The molecule has 1 heterocycles. The topological polar surface area (TPSA) is 55.4 Å². The summed E-state index contributed by atoms with van der Waals surface area (Å²) in [4.78, 5) is 26.1. The van der Waals surface area contributed by atoms with Gasteiger partial charge in [-0.2, -0.15) is 0 Å². The largest absolute Gasteiger partial charge is 0.462 e. The van der Waals surface area contributed by atoms with Crippen LogP contribution >= 0.6 is 22.9 Å². The zero-order valence-electron chi connectivity index (χ0n) is 15.4. The number of esters is 1. The highest BCUT2D eigenvalue weighted by molar-refractivity contribution is 7.17. The van der Waals surface area contributed by atoms with Gasteiger partial charge in [-0.1, -0.05) is 30.7 Å². The van der Waals surface area contributed by atoms with Crippen LogP contribution in [0.1, 0.15) is 59.0 Å². The van der Waals surface area contributed by atoms with Crippen molar-refractivity contribution >= 4 is 45.9 Å². The number of nitrogens with one attached hydrogen (secondary N) is 1. The summed E-state index contributed by atoms with van der Waals surface area (Å²) in [7, 11) is 0. The second kappa shape index (κ2) is 8.72. The summed E-state index contributed by atoms with van der Waals surface area (Å²) in [6.07, 6.45) is 6.25. The maximum atomic E-state index is 12.5. The summed E-state index contributed by atoms with van der Waals surface area (Å²) >= 11 is 7.36. The maximum Gasteiger partial charge on any atom is 0.341 e. The molecule has 1 amide bonds. The molecule has 1 N–H and O–H groups in total. The molecule has 6 heteroatoms. The molecule has 1 aromatic carbocycles. The van der Waals surface area contributed by atoms with Crippen LogP contribution in [0.4, 0.5) is 5.00 Å². The van der Waals surface area contributed by atoms with Gasteiger partial charge in [-0.15, -0.1) is 11.3 Å². The zero-order chi connectivity index (χ0) is 19.4. The van der Waals surface area contributed by atoms with E-state index < -0.39 is 0 Å². The molecule has 0 aliphatic heterocycles. The van der Waals surface area contributed by atoms with Crippen LogP contribution in [0.15, 0.2) is 30.3 Å². The van der Waals surface area contributed by atoms with E-state index in [1.807, 2.05) is 12.1 Å². The molecule has 142 valence electrons. The molecule has 0 fully saturated rings. The molecule has 1 aromatic heterocycles. The highest BCUT2D eigenvalue weighted by Crippen LogP contribution is 2.43. The zero-order valence-corrected chi connectivity index (χ0v) is 17.0. The fourth-order valence-electron chi connectivity index (χ4n) is 3.30. The number of fused-ring (bicyclic) bond motifs is 1. The fraction of sp³-hybridized carbons (Fsp3) is 0.333. The lowest BCUT2D eigenvalue weighted by atomic mass is 9.86. The summed E-state index contributed by atoms with van der Waals surface area (Å²) < 4.78 is 5.25. The predicted octanol–water partition coefficient (Wildman–Crippen LogP) is 5.67. The molecular formula is C21H22ClNO3S. The van der Waals surface area contributed by atoms with E-state index in [1.165, 1.54) is 22.3 Å². The fourth-order valence-corrected chi connectivity index (χ4v) is 4.78. The first kappa shape index (κ1) is 19.6. The van der Waals surface area contributed by atoms with Crippen molar-refractivity contribution in [3.63, 3.8) is 0 Å². The average Bonchev–Trinajstić information content (AvgIpc) is 3.01. The number of ether oxygens (including phenoxy) is 1. The third kappa shape index (κ3) is 4.60. The SMILES string of the molecule is CCOC(=O)c1c(NC(=O)/C=C/c2ccc(Cl)cc2)sc2c1C(C)CCC2. The number of aryl methyl sites for hydroxylation is 1. The van der Waals surface area contributed by atoms with E-state index in [0.717, 1.165) is 30.4 Å². The van der Waals surface area contributed by atoms with E-state index in [4.69, 9.17) is 16.3 Å². The lowest BCUT2D eigenvalue weighted by Gasteiger charge is -2.19. The highest BCUT2D eigenvalue weighted by atomic mass is 35.5. The maximum absolute atomic E-state index is 12.5. The molecule has 0 saturated heterocycles. The van der Waals surface area contributed by atoms with E-state index in [9.17, 15) is 9.59 Å². The Bertz CT molecular complexity index is 870. The normalized spacial score (nSPS) is 16.2. The van der Waals surface area contributed by atoms with Gasteiger partial charge in [0.05, 0.1) is 12.2 Å². The lowest BCUT2D eigenvalue weighted by Crippen LogP contribution is -2.15. The Morgan fingerprint density at radius 2 is 2.07 bits per heavy atom. The first-order valence-corrected chi connectivity index (χ1v) is 10.3. The van der Waals surface area contributed by atoms with Gasteiger partial charge in [0.2, 0.25) is 5.91 Å². The number of benzene rings is 1. The average molecular weight is 404 g/mol.